The standard InChI is InChI=1S/C20H32N2O2.C18H28N2O2/c1-6-21-13-18-17-11-20(24-5)19(23-4)10-15(17)7-8-22(18)12-16(21)9-14(2)3;1-12(2)7-14-11-20-6-5-13-8-17(21-3)18(22-4)9-15(13)16(20)10-19-14/h10-11,14,16,18H,6-9,12-13H2,1-5H3;8-9,12,14,16,19H,5-7,10-11H2,1-4H3/t16-,18-;14-,16-/m11/s1. The highest BCUT2D eigenvalue weighted by atomic mass is 16.5. The Bertz CT molecular complexity index is 1300. The molecule has 256 valence electrons. The van der Waals surface area contributed by atoms with Gasteiger partial charge in [0.05, 0.1) is 28.4 Å². The molecule has 2 fully saturated rings. The van der Waals surface area contributed by atoms with Crippen molar-refractivity contribution < 1.29 is 18.9 Å². The molecule has 0 aromatic heterocycles. The van der Waals surface area contributed by atoms with Crippen molar-refractivity contribution in [1.82, 2.24) is 20.0 Å². The molecule has 46 heavy (non-hydrogen) atoms. The SMILES string of the molecule is CCN1C[C@@H]2c3cc(OC)c(OC)cc3CCN2C[C@H]1CC(C)C.COc1cc2c(cc1OC)[C@H]1CN[C@H](CC(C)C)CN1CC2. The summed E-state index contributed by atoms with van der Waals surface area (Å²) in [5.41, 5.74) is 5.66. The minimum absolute atomic E-state index is 0.465. The van der Waals surface area contributed by atoms with Crippen LogP contribution in [0.5, 0.6) is 23.0 Å². The number of ether oxygens (including phenoxy) is 4. The monoisotopic (exact) mass is 636 g/mol. The van der Waals surface area contributed by atoms with Gasteiger partial charge in [0.1, 0.15) is 0 Å². The van der Waals surface area contributed by atoms with Crippen LogP contribution in [0.15, 0.2) is 24.3 Å². The lowest BCUT2D eigenvalue weighted by molar-refractivity contribution is 0.0168. The zero-order valence-corrected chi connectivity index (χ0v) is 30.0. The molecule has 4 aliphatic rings. The third-order valence-electron chi connectivity index (χ3n) is 10.6. The number of nitrogens with zero attached hydrogens (tertiary/aromatic N) is 3. The number of hydrogen-bond acceptors (Lipinski definition) is 8. The van der Waals surface area contributed by atoms with Crippen LogP contribution in [-0.2, 0) is 12.8 Å². The lowest BCUT2D eigenvalue weighted by Gasteiger charge is -2.49. The Morgan fingerprint density at radius 1 is 0.674 bits per heavy atom. The van der Waals surface area contributed by atoms with E-state index in [0.29, 0.717) is 24.2 Å². The summed E-state index contributed by atoms with van der Waals surface area (Å²) in [6.07, 6.45) is 4.74. The zero-order chi connectivity index (χ0) is 33.0. The molecule has 0 amide bonds. The first-order chi connectivity index (χ1) is 22.2. The third kappa shape index (κ3) is 7.61. The number of nitrogens with one attached hydrogen (secondary N) is 1. The normalized spacial score (nSPS) is 24.7. The molecule has 4 heterocycles. The molecular formula is C38H60N4O4. The second-order valence-electron chi connectivity index (χ2n) is 14.4. The number of methoxy groups -OCH3 is 4. The summed E-state index contributed by atoms with van der Waals surface area (Å²) < 4.78 is 22.0. The van der Waals surface area contributed by atoms with Crippen molar-refractivity contribution >= 4 is 0 Å². The van der Waals surface area contributed by atoms with Gasteiger partial charge in [0.2, 0.25) is 0 Å². The molecule has 2 aromatic rings. The van der Waals surface area contributed by atoms with E-state index < -0.39 is 0 Å². The van der Waals surface area contributed by atoms with E-state index in [1.54, 1.807) is 28.4 Å². The lowest BCUT2D eigenvalue weighted by atomic mass is 9.87. The number of hydrogen-bond donors (Lipinski definition) is 1. The van der Waals surface area contributed by atoms with Crippen LogP contribution >= 0.6 is 0 Å². The van der Waals surface area contributed by atoms with Crippen LogP contribution in [0.4, 0.5) is 0 Å². The Morgan fingerprint density at radius 3 is 1.67 bits per heavy atom. The van der Waals surface area contributed by atoms with Gasteiger partial charge in [-0.15, -0.1) is 0 Å². The van der Waals surface area contributed by atoms with Gasteiger partial charge < -0.3 is 24.3 Å². The maximum atomic E-state index is 5.55. The minimum atomic E-state index is 0.465. The summed E-state index contributed by atoms with van der Waals surface area (Å²) in [4.78, 5) is 8.00. The van der Waals surface area contributed by atoms with Crippen LogP contribution in [0.25, 0.3) is 0 Å². The van der Waals surface area contributed by atoms with Crippen LogP contribution in [0.1, 0.15) is 81.8 Å². The zero-order valence-electron chi connectivity index (χ0n) is 30.0. The summed E-state index contributed by atoms with van der Waals surface area (Å²) in [5, 5.41) is 3.74. The summed E-state index contributed by atoms with van der Waals surface area (Å²) in [7, 11) is 6.86. The van der Waals surface area contributed by atoms with Gasteiger partial charge in [-0.1, -0.05) is 34.6 Å². The molecule has 6 rings (SSSR count). The van der Waals surface area contributed by atoms with E-state index in [-0.39, 0.29) is 0 Å². The average Bonchev–Trinajstić information content (AvgIpc) is 3.06. The van der Waals surface area contributed by atoms with Gasteiger partial charge in [0.15, 0.2) is 23.0 Å². The second-order valence-corrected chi connectivity index (χ2v) is 14.4. The van der Waals surface area contributed by atoms with Crippen molar-refractivity contribution in [1.29, 1.82) is 0 Å². The topological polar surface area (TPSA) is 58.7 Å². The van der Waals surface area contributed by atoms with Crippen LogP contribution in [0.3, 0.4) is 0 Å². The minimum Gasteiger partial charge on any atom is -0.493 e. The summed E-state index contributed by atoms with van der Waals surface area (Å²) in [6.45, 7) is 19.5. The van der Waals surface area contributed by atoms with E-state index in [1.165, 1.54) is 41.6 Å². The van der Waals surface area contributed by atoms with Crippen molar-refractivity contribution in [2.45, 2.75) is 84.5 Å². The summed E-state index contributed by atoms with van der Waals surface area (Å²) >= 11 is 0. The van der Waals surface area contributed by atoms with Crippen molar-refractivity contribution in [2.75, 3.05) is 74.3 Å². The molecule has 0 bridgehead atoms. The number of piperazine rings is 2. The van der Waals surface area contributed by atoms with Gasteiger partial charge in [-0.25, -0.2) is 0 Å². The molecule has 1 N–H and O–H groups in total. The Hall–Kier alpha value is -2.52. The van der Waals surface area contributed by atoms with Gasteiger partial charge in [-0.3, -0.25) is 14.7 Å². The number of rotatable bonds is 9. The molecule has 4 aliphatic heterocycles. The molecule has 0 saturated carbocycles. The number of benzene rings is 2. The molecule has 0 unspecified atom stereocenters. The molecule has 0 radical (unpaired) electrons. The van der Waals surface area contributed by atoms with Crippen LogP contribution in [0.2, 0.25) is 0 Å². The van der Waals surface area contributed by atoms with Gasteiger partial charge >= 0.3 is 0 Å². The van der Waals surface area contributed by atoms with E-state index in [0.717, 1.165) is 86.9 Å². The highest BCUT2D eigenvalue weighted by Gasteiger charge is 2.38. The quantitative estimate of drug-likeness (QED) is 0.361. The predicted octanol–water partition coefficient (Wildman–Crippen LogP) is 5.97. The van der Waals surface area contributed by atoms with Crippen molar-refractivity contribution in [3.8, 4) is 23.0 Å². The van der Waals surface area contributed by atoms with Crippen molar-refractivity contribution in [3.63, 3.8) is 0 Å². The highest BCUT2D eigenvalue weighted by Crippen LogP contribution is 2.41. The smallest absolute Gasteiger partial charge is 0.161 e. The molecule has 8 heteroatoms. The highest BCUT2D eigenvalue weighted by molar-refractivity contribution is 5.50. The fourth-order valence-corrected chi connectivity index (χ4v) is 8.32. The van der Waals surface area contributed by atoms with Crippen LogP contribution < -0.4 is 24.3 Å². The molecule has 8 nitrogen and oxygen atoms in total. The third-order valence-corrected chi connectivity index (χ3v) is 10.6. The van der Waals surface area contributed by atoms with Crippen LogP contribution in [0, 0.1) is 11.8 Å². The van der Waals surface area contributed by atoms with Gasteiger partial charge in [-0.05, 0) is 90.6 Å². The Labute approximate surface area is 278 Å². The first kappa shape index (κ1) is 34.8. The molecular weight excluding hydrogens is 576 g/mol. The van der Waals surface area contributed by atoms with Crippen LogP contribution in [-0.4, -0.2) is 101 Å². The Kier molecular flexibility index (Phi) is 11.8. The van der Waals surface area contributed by atoms with Gasteiger partial charge in [0.25, 0.3) is 0 Å². The summed E-state index contributed by atoms with van der Waals surface area (Å²) in [5.74, 6) is 4.89. The first-order valence-electron chi connectivity index (χ1n) is 17.6. The Morgan fingerprint density at radius 2 is 1.17 bits per heavy atom. The molecule has 0 spiro atoms. The van der Waals surface area contributed by atoms with E-state index in [4.69, 9.17) is 18.9 Å². The lowest BCUT2D eigenvalue weighted by Crippen LogP contribution is -2.56. The average molecular weight is 637 g/mol. The van der Waals surface area contributed by atoms with E-state index >= 15 is 0 Å². The molecule has 2 aromatic carbocycles. The van der Waals surface area contributed by atoms with Crippen molar-refractivity contribution in [2.24, 2.45) is 11.8 Å². The maximum absolute atomic E-state index is 5.55. The maximum Gasteiger partial charge on any atom is 0.161 e. The van der Waals surface area contributed by atoms with E-state index in [2.05, 4.69) is 78.9 Å². The molecule has 4 atom stereocenters. The van der Waals surface area contributed by atoms with E-state index in [9.17, 15) is 0 Å². The van der Waals surface area contributed by atoms with Gasteiger partial charge in [-0.2, -0.15) is 0 Å². The van der Waals surface area contributed by atoms with Crippen molar-refractivity contribution in [3.05, 3.63) is 46.5 Å². The fraction of sp³-hybridized carbons (Fsp3) is 0.684. The molecule has 0 aliphatic carbocycles. The fourth-order valence-electron chi connectivity index (χ4n) is 8.32. The van der Waals surface area contributed by atoms with Gasteiger partial charge in [0, 0.05) is 63.4 Å². The second kappa shape index (κ2) is 15.6. The summed E-state index contributed by atoms with van der Waals surface area (Å²) in [6, 6.07) is 11.0. The molecule has 2 saturated heterocycles. The largest absolute Gasteiger partial charge is 0.493 e. The number of fused-ring (bicyclic) bond motifs is 6. The van der Waals surface area contributed by atoms with E-state index in [1.807, 2.05) is 0 Å². The predicted molar refractivity (Wildman–Crippen MR) is 187 cm³/mol. The number of likely N-dealkylation sites (N-methyl/N-ethyl adjacent to an activating group) is 1. The first-order valence-corrected chi connectivity index (χ1v) is 17.6. The Balaban J connectivity index is 0.000000182.